The summed E-state index contributed by atoms with van der Waals surface area (Å²) in [4.78, 5) is 18.2. The van der Waals surface area contributed by atoms with E-state index in [1.807, 2.05) is 6.08 Å². The van der Waals surface area contributed by atoms with Crippen LogP contribution >= 0.6 is 0 Å². The van der Waals surface area contributed by atoms with Crippen molar-refractivity contribution in [1.82, 2.24) is 19.6 Å². The molecule has 2 fully saturated rings. The summed E-state index contributed by atoms with van der Waals surface area (Å²) in [5.74, 6) is -0.874. The molecule has 222 valence electrons. The predicted molar refractivity (Wildman–Crippen MR) is 151 cm³/mol. The number of carbonyl (C=O) groups is 1. The molecule has 7 nitrogen and oxygen atoms in total. The first-order valence-electron chi connectivity index (χ1n) is 14.4. The lowest BCUT2D eigenvalue weighted by Gasteiger charge is -2.31. The van der Waals surface area contributed by atoms with Crippen LogP contribution in [0, 0.1) is 17.7 Å². The Kier molecular flexibility index (Phi) is 8.96. The zero-order valence-electron chi connectivity index (χ0n) is 23.3. The van der Waals surface area contributed by atoms with E-state index >= 15 is 4.39 Å². The Bertz CT molecular complexity index is 1300. The first-order valence-corrected chi connectivity index (χ1v) is 14.4. The number of rotatable bonds is 9. The third kappa shape index (κ3) is 7.25. The number of alkyl halides is 3. The predicted octanol–water partition coefficient (Wildman–Crippen LogP) is 5.54. The minimum Gasteiger partial charge on any atom is -0.330 e. The van der Waals surface area contributed by atoms with Crippen molar-refractivity contribution in [3.8, 4) is 0 Å². The average Bonchev–Trinajstić information content (AvgIpc) is 3.70. The molecule has 3 aliphatic rings. The van der Waals surface area contributed by atoms with Gasteiger partial charge in [0, 0.05) is 37.4 Å². The molecule has 0 radical (unpaired) electrons. The van der Waals surface area contributed by atoms with Gasteiger partial charge in [0.1, 0.15) is 11.5 Å². The summed E-state index contributed by atoms with van der Waals surface area (Å²) in [5.41, 5.74) is 5.50. The van der Waals surface area contributed by atoms with Crippen LogP contribution in [-0.4, -0.2) is 65.3 Å². The highest BCUT2D eigenvalue weighted by atomic mass is 19.4. The van der Waals surface area contributed by atoms with Crippen LogP contribution in [0.15, 0.2) is 42.5 Å². The van der Waals surface area contributed by atoms with Crippen molar-refractivity contribution in [3.63, 3.8) is 0 Å². The second kappa shape index (κ2) is 12.5. The van der Waals surface area contributed by atoms with Crippen molar-refractivity contribution in [3.05, 3.63) is 65.3 Å². The molecule has 1 aliphatic heterocycles. The molecule has 5 rings (SSSR count). The zero-order chi connectivity index (χ0) is 29.1. The molecule has 1 aromatic heterocycles. The molecule has 2 unspecified atom stereocenters. The molecule has 1 saturated carbocycles. The highest BCUT2D eigenvalue weighted by Crippen LogP contribution is 2.39. The number of amides is 1. The number of nitrogens with one attached hydrogen (secondary N) is 1. The van der Waals surface area contributed by atoms with Gasteiger partial charge in [-0.1, -0.05) is 31.1 Å². The lowest BCUT2D eigenvalue weighted by atomic mass is 9.97. The number of likely N-dealkylation sites (N-methyl/N-ethyl adjacent to an activating group) is 1. The van der Waals surface area contributed by atoms with Gasteiger partial charge in [-0.3, -0.25) is 9.69 Å². The Morgan fingerprint density at radius 1 is 1.17 bits per heavy atom. The van der Waals surface area contributed by atoms with Gasteiger partial charge in [-0.05, 0) is 81.4 Å². The van der Waals surface area contributed by atoms with E-state index in [0.717, 1.165) is 61.6 Å². The summed E-state index contributed by atoms with van der Waals surface area (Å²) in [6, 6.07) is 5.50. The van der Waals surface area contributed by atoms with E-state index in [2.05, 4.69) is 27.3 Å². The largest absolute Gasteiger partial charge is 0.435 e. The van der Waals surface area contributed by atoms with Crippen LogP contribution in [0.4, 0.5) is 23.2 Å². The molecule has 2 atom stereocenters. The number of aromatic nitrogens is 2. The van der Waals surface area contributed by atoms with Gasteiger partial charge in [-0.15, -0.1) is 0 Å². The Morgan fingerprint density at radius 2 is 1.98 bits per heavy atom. The Labute approximate surface area is 238 Å². The second-order valence-electron chi connectivity index (χ2n) is 11.5. The number of nitrogens with two attached hydrogens (primary N) is 1. The number of hydrogen-bond donors (Lipinski definition) is 2. The first kappa shape index (κ1) is 29.5. The molecule has 0 spiro atoms. The second-order valence-corrected chi connectivity index (χ2v) is 11.5. The van der Waals surface area contributed by atoms with Gasteiger partial charge in [0.25, 0.3) is 5.91 Å². The molecular formula is C30H38F4N6O. The molecular weight excluding hydrogens is 536 g/mol. The maximum absolute atomic E-state index is 15.1. The van der Waals surface area contributed by atoms with E-state index in [9.17, 15) is 18.0 Å². The Balaban J connectivity index is 1.42. The maximum Gasteiger partial charge on any atom is 0.435 e. The summed E-state index contributed by atoms with van der Waals surface area (Å²) in [7, 11) is 2.11. The van der Waals surface area contributed by atoms with E-state index in [0.29, 0.717) is 24.7 Å². The van der Waals surface area contributed by atoms with E-state index in [1.54, 1.807) is 24.3 Å². The monoisotopic (exact) mass is 574 g/mol. The molecule has 41 heavy (non-hydrogen) atoms. The molecule has 0 bridgehead atoms. The molecule has 2 heterocycles. The maximum atomic E-state index is 15.1. The number of allylic oxidation sites excluding steroid dienone is 3. The van der Waals surface area contributed by atoms with Crippen molar-refractivity contribution in [2.75, 3.05) is 45.1 Å². The molecule has 2 aliphatic carbocycles. The van der Waals surface area contributed by atoms with Crippen LogP contribution in [0.25, 0.3) is 5.70 Å². The molecule has 1 aromatic carbocycles. The van der Waals surface area contributed by atoms with Crippen molar-refractivity contribution in [2.24, 2.45) is 17.6 Å². The summed E-state index contributed by atoms with van der Waals surface area (Å²) < 4.78 is 56.9. The van der Waals surface area contributed by atoms with Gasteiger partial charge in [-0.2, -0.15) is 18.3 Å². The number of anilines is 1. The van der Waals surface area contributed by atoms with Crippen molar-refractivity contribution in [1.29, 1.82) is 0 Å². The fraction of sp³-hybridized carbons (Fsp3) is 0.533. The number of halogens is 4. The van der Waals surface area contributed by atoms with Gasteiger partial charge < -0.3 is 16.0 Å². The summed E-state index contributed by atoms with van der Waals surface area (Å²) >= 11 is 0. The smallest absolute Gasteiger partial charge is 0.330 e. The number of benzene rings is 1. The SMILES string of the molecule is CN1CCCN(C(CCC2CC2)c2ccc(F)c(NC(=O)c3cc(C(F)(F)F)nn3C3=CC=CC(CN)C3)c2)CC1. The van der Waals surface area contributed by atoms with Crippen LogP contribution in [-0.2, 0) is 6.18 Å². The van der Waals surface area contributed by atoms with Gasteiger partial charge in [-0.25, -0.2) is 9.07 Å². The highest BCUT2D eigenvalue weighted by molar-refractivity contribution is 6.04. The Morgan fingerprint density at radius 3 is 2.71 bits per heavy atom. The van der Waals surface area contributed by atoms with Gasteiger partial charge in [0.2, 0.25) is 0 Å². The number of nitrogens with zero attached hydrogens (tertiary/aromatic N) is 4. The van der Waals surface area contributed by atoms with Crippen molar-refractivity contribution >= 4 is 17.3 Å². The van der Waals surface area contributed by atoms with Crippen LogP contribution in [0.1, 0.15) is 66.3 Å². The highest BCUT2D eigenvalue weighted by Gasteiger charge is 2.37. The topological polar surface area (TPSA) is 79.4 Å². The van der Waals surface area contributed by atoms with E-state index < -0.39 is 23.6 Å². The first-order chi connectivity index (χ1) is 19.6. The quantitative estimate of drug-likeness (QED) is 0.385. The third-order valence-corrected chi connectivity index (χ3v) is 8.31. The van der Waals surface area contributed by atoms with Crippen LogP contribution in [0.3, 0.4) is 0 Å². The molecule has 3 N–H and O–H groups in total. The van der Waals surface area contributed by atoms with E-state index in [4.69, 9.17) is 5.73 Å². The Hall–Kier alpha value is -3.02. The fourth-order valence-corrected chi connectivity index (χ4v) is 5.72. The molecule has 1 amide bonds. The summed E-state index contributed by atoms with van der Waals surface area (Å²) in [6.07, 6.45) is 6.27. The summed E-state index contributed by atoms with van der Waals surface area (Å²) in [5, 5.41) is 6.26. The normalized spacial score (nSPS) is 21.4. The minimum atomic E-state index is -4.75. The summed E-state index contributed by atoms with van der Waals surface area (Å²) in [6.45, 7) is 4.06. The minimum absolute atomic E-state index is 0.0606. The van der Waals surface area contributed by atoms with Crippen molar-refractivity contribution in [2.45, 2.75) is 50.7 Å². The van der Waals surface area contributed by atoms with Gasteiger partial charge >= 0.3 is 6.18 Å². The lowest BCUT2D eigenvalue weighted by Crippen LogP contribution is -2.33. The number of hydrogen-bond acceptors (Lipinski definition) is 5. The van der Waals surface area contributed by atoms with Gasteiger partial charge in [0.15, 0.2) is 5.69 Å². The molecule has 1 saturated heterocycles. The van der Waals surface area contributed by atoms with Crippen LogP contribution in [0.2, 0.25) is 0 Å². The molecule has 11 heteroatoms. The van der Waals surface area contributed by atoms with Gasteiger partial charge in [0.05, 0.1) is 5.69 Å². The van der Waals surface area contributed by atoms with Crippen LogP contribution in [0.5, 0.6) is 0 Å². The average molecular weight is 575 g/mol. The third-order valence-electron chi connectivity index (χ3n) is 8.31. The number of carbonyl (C=O) groups excluding carboxylic acids is 1. The van der Waals surface area contributed by atoms with Crippen molar-refractivity contribution < 1.29 is 22.4 Å². The zero-order valence-corrected chi connectivity index (χ0v) is 23.3. The molecule has 2 aromatic rings. The van der Waals surface area contributed by atoms with Crippen LogP contribution < -0.4 is 11.1 Å². The van der Waals surface area contributed by atoms with E-state index in [1.165, 1.54) is 18.9 Å². The lowest BCUT2D eigenvalue weighted by molar-refractivity contribution is -0.141. The van der Waals surface area contributed by atoms with E-state index in [-0.39, 0.29) is 23.3 Å². The standard InChI is InChI=1S/C30H38F4N6O/c1-38-12-3-13-39(15-14-38)26(11-8-20-6-7-20)22-9-10-24(31)25(17-22)36-29(41)27-18-28(30(32,33)34)37-40(27)23-5-2-4-21(16-23)19-35/h2,4-5,9-10,17-18,20-21,26H,3,6-8,11-16,19,35H2,1H3,(H,36,41). The fourth-order valence-electron chi connectivity index (χ4n) is 5.72.